The van der Waals surface area contributed by atoms with Crippen LogP contribution in [0.2, 0.25) is 5.02 Å². The van der Waals surface area contributed by atoms with E-state index in [1.807, 2.05) is 67.4 Å². The molecule has 2 atom stereocenters. The van der Waals surface area contributed by atoms with Crippen LogP contribution in [-0.2, 0) is 22.5 Å². The van der Waals surface area contributed by atoms with Gasteiger partial charge in [0.15, 0.2) is 5.60 Å². The van der Waals surface area contributed by atoms with Gasteiger partial charge < -0.3 is 24.4 Å². The van der Waals surface area contributed by atoms with Crippen LogP contribution in [0.4, 0.5) is 4.79 Å². The standard InChI is InChI=1S/C27H35ClN2O5/c1-4-5-15-35-27(2,25(31)32)17-20-8-12-24(13-9-20)34-16-14-23-19-30(26(33)29(23)3)18-21-6-10-22(28)11-7-21/h6-13,23H,4-5,14-19H2,1-3H3,(H,31,32). The van der Waals surface area contributed by atoms with Crippen LogP contribution in [0.3, 0.4) is 0 Å². The quantitative estimate of drug-likeness (QED) is 0.378. The van der Waals surface area contributed by atoms with Crippen LogP contribution in [0.25, 0.3) is 0 Å². The van der Waals surface area contributed by atoms with Crippen LogP contribution in [0, 0.1) is 0 Å². The third-order valence-corrected chi connectivity index (χ3v) is 6.65. The van der Waals surface area contributed by atoms with Gasteiger partial charge in [-0.05, 0) is 48.7 Å². The molecule has 1 aliphatic heterocycles. The SMILES string of the molecule is CCCCOC(C)(Cc1ccc(OCCC2CN(Cc3ccc(Cl)cc3)C(=O)N2C)cc1)C(=O)O. The van der Waals surface area contributed by atoms with E-state index in [2.05, 4.69) is 0 Å². The fraction of sp³-hybridized carbons (Fsp3) is 0.481. The number of rotatable bonds is 13. The predicted molar refractivity (Wildman–Crippen MR) is 136 cm³/mol. The summed E-state index contributed by atoms with van der Waals surface area (Å²) in [4.78, 5) is 28.0. The monoisotopic (exact) mass is 502 g/mol. The molecule has 2 aromatic rings. The van der Waals surface area contributed by atoms with Gasteiger partial charge in [0.25, 0.3) is 0 Å². The van der Waals surface area contributed by atoms with Crippen molar-refractivity contribution in [1.29, 1.82) is 0 Å². The van der Waals surface area contributed by atoms with Crippen LogP contribution in [0.1, 0.15) is 44.2 Å². The number of ether oxygens (including phenoxy) is 2. The highest BCUT2D eigenvalue weighted by atomic mass is 35.5. The van der Waals surface area contributed by atoms with Crippen LogP contribution in [0.15, 0.2) is 48.5 Å². The van der Waals surface area contributed by atoms with Crippen molar-refractivity contribution in [1.82, 2.24) is 9.80 Å². The second kappa shape index (κ2) is 12.3. The maximum absolute atomic E-state index is 12.6. The summed E-state index contributed by atoms with van der Waals surface area (Å²) in [6, 6.07) is 15.1. The van der Waals surface area contributed by atoms with Gasteiger partial charge >= 0.3 is 12.0 Å². The number of carbonyl (C=O) groups is 2. The van der Waals surface area contributed by atoms with Crippen molar-refractivity contribution in [2.45, 2.75) is 57.7 Å². The number of carbonyl (C=O) groups excluding carboxylic acids is 1. The molecule has 0 bridgehead atoms. The van der Waals surface area contributed by atoms with Crippen LogP contribution in [-0.4, -0.2) is 65.4 Å². The molecule has 0 radical (unpaired) electrons. The van der Waals surface area contributed by atoms with Gasteiger partial charge in [-0.15, -0.1) is 0 Å². The lowest BCUT2D eigenvalue weighted by Gasteiger charge is -2.25. The van der Waals surface area contributed by atoms with Crippen molar-refractivity contribution < 1.29 is 24.2 Å². The summed E-state index contributed by atoms with van der Waals surface area (Å²) in [5.74, 6) is -0.253. The molecule has 1 N–H and O–H groups in total. The number of hydrogen-bond donors (Lipinski definition) is 1. The minimum Gasteiger partial charge on any atom is -0.494 e. The Morgan fingerprint density at radius 3 is 2.40 bits per heavy atom. The van der Waals surface area contributed by atoms with Gasteiger partial charge in [-0.3, -0.25) is 0 Å². The highest BCUT2D eigenvalue weighted by Gasteiger charge is 2.35. The molecule has 2 unspecified atom stereocenters. The number of carboxylic acid groups (broad SMARTS) is 1. The average molecular weight is 503 g/mol. The van der Waals surface area contributed by atoms with Gasteiger partial charge in [0, 0.05) is 44.6 Å². The maximum Gasteiger partial charge on any atom is 0.336 e. The molecule has 1 saturated heterocycles. The number of nitrogens with zero attached hydrogens (tertiary/aromatic N) is 2. The molecule has 2 amide bonds. The van der Waals surface area contributed by atoms with Gasteiger partial charge in [-0.2, -0.15) is 0 Å². The lowest BCUT2D eigenvalue weighted by molar-refractivity contribution is -0.163. The van der Waals surface area contributed by atoms with Gasteiger partial charge in [0.1, 0.15) is 5.75 Å². The molecule has 0 saturated carbocycles. The molecule has 1 aliphatic rings. The Labute approximate surface area is 212 Å². The Bertz CT molecular complexity index is 982. The molecule has 7 nitrogen and oxygen atoms in total. The molecule has 190 valence electrons. The van der Waals surface area contributed by atoms with Gasteiger partial charge in [-0.1, -0.05) is 49.2 Å². The minimum atomic E-state index is -1.25. The molecular formula is C27H35ClN2O5. The number of aliphatic carboxylic acids is 1. The molecule has 0 aliphatic carbocycles. The predicted octanol–water partition coefficient (Wildman–Crippen LogP) is 5.25. The highest BCUT2D eigenvalue weighted by Crippen LogP contribution is 2.23. The van der Waals surface area contributed by atoms with E-state index >= 15 is 0 Å². The Hall–Kier alpha value is -2.77. The number of amides is 2. The molecule has 0 aromatic heterocycles. The fourth-order valence-corrected chi connectivity index (χ4v) is 4.22. The Morgan fingerprint density at radius 2 is 1.77 bits per heavy atom. The Morgan fingerprint density at radius 1 is 1.11 bits per heavy atom. The van der Waals surface area contributed by atoms with E-state index in [1.54, 1.807) is 11.8 Å². The van der Waals surface area contributed by atoms with Crippen molar-refractivity contribution >= 4 is 23.6 Å². The molecule has 0 spiro atoms. The largest absolute Gasteiger partial charge is 0.494 e. The lowest BCUT2D eigenvalue weighted by Crippen LogP contribution is -2.41. The first-order valence-corrected chi connectivity index (χ1v) is 12.4. The van der Waals surface area contributed by atoms with E-state index in [4.69, 9.17) is 21.1 Å². The van der Waals surface area contributed by atoms with Crippen molar-refractivity contribution in [3.8, 4) is 5.75 Å². The van der Waals surface area contributed by atoms with Crippen molar-refractivity contribution in [3.05, 3.63) is 64.7 Å². The fourth-order valence-electron chi connectivity index (χ4n) is 4.10. The van der Waals surface area contributed by atoms with Crippen LogP contribution >= 0.6 is 11.6 Å². The van der Waals surface area contributed by atoms with Crippen LogP contribution in [0.5, 0.6) is 5.75 Å². The zero-order valence-electron chi connectivity index (χ0n) is 20.7. The van der Waals surface area contributed by atoms with Crippen molar-refractivity contribution in [2.75, 3.05) is 26.8 Å². The smallest absolute Gasteiger partial charge is 0.336 e. The van der Waals surface area contributed by atoms with E-state index in [9.17, 15) is 14.7 Å². The number of unbranched alkanes of at least 4 members (excludes halogenated alkanes) is 1. The van der Waals surface area contributed by atoms with E-state index < -0.39 is 11.6 Å². The molecule has 2 aromatic carbocycles. The van der Waals surface area contributed by atoms with E-state index in [-0.39, 0.29) is 18.5 Å². The second-order valence-corrected chi connectivity index (χ2v) is 9.69. The number of hydrogen-bond acceptors (Lipinski definition) is 4. The van der Waals surface area contributed by atoms with E-state index in [0.717, 1.165) is 24.0 Å². The number of likely N-dealkylation sites (N-methyl/N-ethyl adjacent to an activating group) is 1. The summed E-state index contributed by atoms with van der Waals surface area (Å²) in [6.07, 6.45) is 2.78. The first kappa shape index (κ1) is 26.8. The molecule has 1 heterocycles. The topological polar surface area (TPSA) is 79.3 Å². The molecule has 3 rings (SSSR count). The summed E-state index contributed by atoms with van der Waals surface area (Å²) in [6.45, 7) is 5.76. The molecular weight excluding hydrogens is 468 g/mol. The average Bonchev–Trinajstić information content (AvgIpc) is 3.09. The molecule has 1 fully saturated rings. The van der Waals surface area contributed by atoms with Crippen LogP contribution < -0.4 is 4.74 Å². The first-order chi connectivity index (χ1) is 16.7. The minimum absolute atomic E-state index is 0.0111. The number of urea groups is 1. The molecule has 8 heteroatoms. The highest BCUT2D eigenvalue weighted by molar-refractivity contribution is 6.30. The summed E-state index contributed by atoms with van der Waals surface area (Å²) >= 11 is 5.95. The number of benzene rings is 2. The first-order valence-electron chi connectivity index (χ1n) is 12.1. The summed E-state index contributed by atoms with van der Waals surface area (Å²) < 4.78 is 11.6. The van der Waals surface area contributed by atoms with Gasteiger partial charge in [-0.25, -0.2) is 9.59 Å². The third-order valence-electron chi connectivity index (χ3n) is 6.39. The third kappa shape index (κ3) is 7.36. The Balaban J connectivity index is 1.48. The summed E-state index contributed by atoms with van der Waals surface area (Å²) in [5.41, 5.74) is 0.662. The Kier molecular flexibility index (Phi) is 9.40. The van der Waals surface area contributed by atoms with Crippen molar-refractivity contribution in [2.24, 2.45) is 0 Å². The maximum atomic E-state index is 12.6. The summed E-state index contributed by atoms with van der Waals surface area (Å²) in [7, 11) is 1.83. The zero-order valence-corrected chi connectivity index (χ0v) is 21.5. The zero-order chi connectivity index (χ0) is 25.4. The summed E-state index contributed by atoms with van der Waals surface area (Å²) in [5, 5.41) is 10.3. The second-order valence-electron chi connectivity index (χ2n) is 9.25. The van der Waals surface area contributed by atoms with E-state index in [1.165, 1.54) is 0 Å². The van der Waals surface area contributed by atoms with Gasteiger partial charge in [0.2, 0.25) is 0 Å². The molecule has 35 heavy (non-hydrogen) atoms. The van der Waals surface area contributed by atoms with Gasteiger partial charge in [0.05, 0.1) is 12.6 Å². The van der Waals surface area contributed by atoms with Crippen molar-refractivity contribution in [3.63, 3.8) is 0 Å². The normalized spacial score (nSPS) is 17.5. The lowest BCUT2D eigenvalue weighted by atomic mass is 9.96. The van der Waals surface area contributed by atoms with E-state index in [0.29, 0.717) is 43.5 Å². The number of halogens is 1. The number of carboxylic acids is 1.